The third-order valence-electron chi connectivity index (χ3n) is 6.30. The smallest absolute Gasteiger partial charge is 0.307 e. The molecule has 8 heteroatoms. The largest absolute Gasteiger partial charge is 0.481 e. The fraction of sp³-hybridized carbons (Fsp3) is 0.652. The van der Waals surface area contributed by atoms with E-state index in [1.54, 1.807) is 18.7 Å². The van der Waals surface area contributed by atoms with Crippen molar-refractivity contribution in [3.63, 3.8) is 0 Å². The highest BCUT2D eigenvalue weighted by Crippen LogP contribution is 2.36. The summed E-state index contributed by atoms with van der Waals surface area (Å²) < 4.78 is 18.3. The molecule has 1 aromatic carbocycles. The monoisotopic (exact) mass is 452 g/mol. The molecule has 1 aliphatic rings. The molecule has 0 saturated heterocycles. The van der Waals surface area contributed by atoms with Crippen LogP contribution in [0.1, 0.15) is 51.5 Å². The summed E-state index contributed by atoms with van der Waals surface area (Å²) in [6.07, 6.45) is 6.02. The van der Waals surface area contributed by atoms with Gasteiger partial charge in [-0.1, -0.05) is 63.4 Å². The lowest BCUT2D eigenvalue weighted by molar-refractivity contribution is -0.142. The fourth-order valence-corrected chi connectivity index (χ4v) is 5.91. The summed E-state index contributed by atoms with van der Waals surface area (Å²) in [4.78, 5) is 24.9. The van der Waals surface area contributed by atoms with Gasteiger partial charge < -0.3 is 20.3 Å². The highest BCUT2D eigenvalue weighted by atomic mass is 31.1. The van der Waals surface area contributed by atoms with Gasteiger partial charge in [0.1, 0.15) is 0 Å². The van der Waals surface area contributed by atoms with E-state index in [9.17, 15) is 19.3 Å². The van der Waals surface area contributed by atoms with E-state index < -0.39 is 25.5 Å². The minimum Gasteiger partial charge on any atom is -0.481 e. The van der Waals surface area contributed by atoms with Crippen LogP contribution in [0.25, 0.3) is 0 Å². The zero-order chi connectivity index (χ0) is 22.9. The predicted octanol–water partition coefficient (Wildman–Crippen LogP) is 3.77. The summed E-state index contributed by atoms with van der Waals surface area (Å²) in [7, 11) is -2.57. The van der Waals surface area contributed by atoms with Gasteiger partial charge in [-0.25, -0.2) is 0 Å². The van der Waals surface area contributed by atoms with Crippen molar-refractivity contribution in [3.8, 4) is 0 Å². The summed E-state index contributed by atoms with van der Waals surface area (Å²) >= 11 is 0. The Morgan fingerprint density at radius 1 is 1.29 bits per heavy atom. The van der Waals surface area contributed by atoms with Gasteiger partial charge in [-0.3, -0.25) is 14.2 Å². The van der Waals surface area contributed by atoms with Gasteiger partial charge in [-0.2, -0.15) is 0 Å². The number of carbonyl (C=O) groups excluding carboxylic acids is 1. The van der Waals surface area contributed by atoms with E-state index in [1.165, 1.54) is 6.42 Å². The first kappa shape index (κ1) is 25.6. The molecule has 3 atom stereocenters. The molecule has 1 aliphatic carbocycles. The first-order valence-electron chi connectivity index (χ1n) is 11.2. The average molecular weight is 453 g/mol. The number of nitrogens with two attached hydrogens (primary N) is 1. The summed E-state index contributed by atoms with van der Waals surface area (Å²) in [5.74, 6) is -1.64. The molecular weight excluding hydrogens is 415 g/mol. The van der Waals surface area contributed by atoms with Crippen LogP contribution in [-0.2, 0) is 25.2 Å². The average Bonchev–Trinajstić information content (AvgIpc) is 2.76. The van der Waals surface area contributed by atoms with Gasteiger partial charge in [-0.05, 0) is 30.2 Å². The third kappa shape index (κ3) is 8.06. The molecular formula is C23H37N2O5P. The molecule has 3 N–H and O–H groups in total. The maximum atomic E-state index is 12.6. The highest BCUT2D eigenvalue weighted by Gasteiger charge is 2.38. The lowest BCUT2D eigenvalue weighted by atomic mass is 9.75. The minimum atomic E-state index is -2.57. The van der Waals surface area contributed by atoms with E-state index in [0.29, 0.717) is 13.1 Å². The summed E-state index contributed by atoms with van der Waals surface area (Å²) in [6.45, 7) is 4.40. The predicted molar refractivity (Wildman–Crippen MR) is 122 cm³/mol. The molecule has 2 rings (SSSR count). The van der Waals surface area contributed by atoms with E-state index >= 15 is 0 Å². The first-order valence-corrected chi connectivity index (χ1v) is 12.7. The quantitative estimate of drug-likeness (QED) is 0.348. The number of benzene rings is 1. The molecule has 0 heterocycles. The molecule has 0 spiro atoms. The highest BCUT2D eigenvalue weighted by molar-refractivity contribution is 7.39. The van der Waals surface area contributed by atoms with Gasteiger partial charge >= 0.3 is 5.97 Å². The number of nitrogens with zero attached hydrogens (tertiary/aromatic N) is 1. The Morgan fingerprint density at radius 3 is 2.48 bits per heavy atom. The molecule has 1 aromatic rings. The number of carboxylic acids is 1. The fourth-order valence-electron chi connectivity index (χ4n) is 4.36. The molecule has 0 aromatic heterocycles. The number of carbonyl (C=O) groups is 2. The first-order chi connectivity index (χ1) is 14.7. The van der Waals surface area contributed by atoms with Crippen molar-refractivity contribution in [2.45, 2.75) is 58.0 Å². The van der Waals surface area contributed by atoms with Crippen LogP contribution in [-0.4, -0.2) is 47.2 Å². The van der Waals surface area contributed by atoms with Crippen molar-refractivity contribution in [1.82, 2.24) is 4.90 Å². The molecule has 3 unspecified atom stereocenters. The van der Waals surface area contributed by atoms with Crippen LogP contribution < -0.4 is 5.73 Å². The van der Waals surface area contributed by atoms with Gasteiger partial charge in [0, 0.05) is 19.3 Å². The normalized spacial score (nSPS) is 18.8. The van der Waals surface area contributed by atoms with Gasteiger partial charge in [0.15, 0.2) is 8.03 Å². The molecule has 0 bridgehead atoms. The van der Waals surface area contributed by atoms with Crippen LogP contribution in [0.2, 0.25) is 0 Å². The number of carboxylic acid groups (broad SMARTS) is 1. The Hall–Kier alpha value is -1.69. The summed E-state index contributed by atoms with van der Waals surface area (Å²) in [5, 5.41) is 9.37. The maximum Gasteiger partial charge on any atom is 0.307 e. The van der Waals surface area contributed by atoms with Crippen molar-refractivity contribution >= 4 is 20.4 Å². The van der Waals surface area contributed by atoms with Crippen molar-refractivity contribution in [3.05, 3.63) is 35.9 Å². The van der Waals surface area contributed by atoms with Crippen molar-refractivity contribution in [1.29, 1.82) is 0 Å². The van der Waals surface area contributed by atoms with E-state index in [1.807, 2.05) is 30.3 Å². The second kappa shape index (κ2) is 12.4. The van der Waals surface area contributed by atoms with Gasteiger partial charge in [0.05, 0.1) is 18.1 Å². The Kier molecular flexibility index (Phi) is 10.2. The molecule has 174 valence electrons. The number of hydrogen-bond acceptors (Lipinski definition) is 5. The van der Waals surface area contributed by atoms with E-state index in [0.717, 1.165) is 37.7 Å². The lowest BCUT2D eigenvalue weighted by Gasteiger charge is -2.41. The lowest BCUT2D eigenvalue weighted by Crippen LogP contribution is -2.58. The molecule has 0 radical (unpaired) electrons. The van der Waals surface area contributed by atoms with Crippen LogP contribution in [0.3, 0.4) is 0 Å². The minimum absolute atomic E-state index is 0.000175. The van der Waals surface area contributed by atoms with Crippen molar-refractivity contribution < 1.29 is 23.8 Å². The van der Waals surface area contributed by atoms with E-state index in [-0.39, 0.29) is 24.6 Å². The van der Waals surface area contributed by atoms with Crippen molar-refractivity contribution in [2.24, 2.45) is 23.5 Å². The maximum absolute atomic E-state index is 12.6. The Balaban J connectivity index is 2.08. The molecule has 7 nitrogen and oxygen atoms in total. The second-order valence-electron chi connectivity index (χ2n) is 9.12. The molecule has 1 amide bonds. The molecule has 1 fully saturated rings. The third-order valence-corrected chi connectivity index (χ3v) is 7.54. The van der Waals surface area contributed by atoms with Crippen LogP contribution in [0, 0.1) is 17.8 Å². The SMILES string of the molecule is CC(C)C(C[PH](=O)OCC(N)(CN(C=O)Cc1ccccc1)C1CCCCC1)C(=O)O. The zero-order valence-corrected chi connectivity index (χ0v) is 19.7. The Bertz CT molecular complexity index is 724. The number of hydrogen-bond donors (Lipinski definition) is 2. The Morgan fingerprint density at radius 2 is 1.94 bits per heavy atom. The molecule has 1 saturated carbocycles. The van der Waals surface area contributed by atoms with E-state index in [4.69, 9.17) is 10.3 Å². The second-order valence-corrected chi connectivity index (χ2v) is 10.6. The number of rotatable bonds is 13. The van der Waals surface area contributed by atoms with Crippen LogP contribution in [0.15, 0.2) is 30.3 Å². The summed E-state index contributed by atoms with van der Waals surface area (Å²) in [6, 6.07) is 9.71. The van der Waals surface area contributed by atoms with Crippen molar-refractivity contribution in [2.75, 3.05) is 19.3 Å². The standard InChI is InChI=1S/C23H37N2O5P/c1-18(2)21(22(27)28)14-31(29)30-16-23(24,20-11-7-4-8-12-20)15-25(17-26)13-19-9-5-3-6-10-19/h3,5-6,9-10,17-18,20-21,31H,4,7-8,11-16,24H2,1-2H3,(H,27,28). The Labute approximate surface area is 186 Å². The van der Waals surface area contributed by atoms with Crippen LogP contribution in [0.5, 0.6) is 0 Å². The van der Waals surface area contributed by atoms with Gasteiger partial charge in [0.25, 0.3) is 0 Å². The van der Waals surface area contributed by atoms with Crippen LogP contribution >= 0.6 is 8.03 Å². The van der Waals surface area contributed by atoms with Crippen LogP contribution in [0.4, 0.5) is 0 Å². The zero-order valence-electron chi connectivity index (χ0n) is 18.7. The number of amides is 1. The molecule has 0 aliphatic heterocycles. The van der Waals surface area contributed by atoms with Gasteiger partial charge in [-0.15, -0.1) is 0 Å². The summed E-state index contributed by atoms with van der Waals surface area (Å²) in [5.41, 5.74) is 7.02. The number of aliphatic carboxylic acids is 1. The van der Waals surface area contributed by atoms with Gasteiger partial charge in [0.2, 0.25) is 6.41 Å². The topological polar surface area (TPSA) is 110 Å². The van der Waals surface area contributed by atoms with E-state index in [2.05, 4.69) is 0 Å². The molecule has 31 heavy (non-hydrogen) atoms.